The van der Waals surface area contributed by atoms with Gasteiger partial charge in [-0.15, -0.1) is 0 Å². The lowest BCUT2D eigenvalue weighted by molar-refractivity contribution is -0.127. The minimum Gasteiger partial charge on any atom is -0.477 e. The molecule has 70 heavy (non-hydrogen) atoms. The van der Waals surface area contributed by atoms with Crippen LogP contribution in [0.15, 0.2) is 66.7 Å². The number of nitrogens with one attached hydrogen (secondary N) is 4. The van der Waals surface area contributed by atoms with Crippen LogP contribution in [0, 0.1) is 0 Å². The third-order valence-electron chi connectivity index (χ3n) is 14.8. The molecule has 8 heterocycles. The van der Waals surface area contributed by atoms with Crippen molar-refractivity contribution in [2.45, 2.75) is 88.6 Å². The lowest BCUT2D eigenvalue weighted by Gasteiger charge is -2.45. The Morgan fingerprint density at radius 3 is 1.73 bits per heavy atom. The van der Waals surface area contributed by atoms with Crippen LogP contribution in [0.2, 0.25) is 0 Å². The number of aromatic carboxylic acids is 2. The molecule has 0 radical (unpaired) electrons. The number of carbonyl (C=O) groups excluding carboxylic acids is 3. The maximum Gasteiger partial charge on any atom is 0.354 e. The van der Waals surface area contributed by atoms with Crippen LogP contribution in [0.3, 0.4) is 0 Å². The van der Waals surface area contributed by atoms with Crippen LogP contribution in [0.4, 0.5) is 5.69 Å². The van der Waals surface area contributed by atoms with E-state index in [0.717, 1.165) is 89.3 Å². The normalized spacial score (nSPS) is 21.1. The Labute approximate surface area is 401 Å². The van der Waals surface area contributed by atoms with Crippen LogP contribution in [-0.4, -0.2) is 125 Å². The number of carboxylic acids is 2. The number of rotatable bonds is 7. The number of amides is 3. The van der Waals surface area contributed by atoms with Crippen molar-refractivity contribution in [3.05, 3.63) is 117 Å². The van der Waals surface area contributed by atoms with Gasteiger partial charge >= 0.3 is 11.9 Å². The van der Waals surface area contributed by atoms with Crippen molar-refractivity contribution in [1.82, 2.24) is 50.7 Å². The van der Waals surface area contributed by atoms with Crippen molar-refractivity contribution < 1.29 is 34.2 Å². The molecule has 4 atom stereocenters. The van der Waals surface area contributed by atoms with E-state index in [0.29, 0.717) is 90.9 Å². The molecule has 18 nitrogen and oxygen atoms in total. The second-order valence-electron chi connectivity index (χ2n) is 19.2. The third kappa shape index (κ3) is 8.00. The molecule has 18 heteroatoms. The standard InChI is InChI=1S/C52H49N11O7/c64-47(53-33-13-9-26-3-4-27-11-15-39(50(67)68)56-41(27)35(26)24-33)36-17-20-62-21-18-37(59-52(62)58-36)48(65)54-34-2-1-19-63(25-34)49(66)38-14-10-28-5-7-30-22-32-23-31-8-6-29-12-16-40(51(69)70)57-43(29)45(31)61-46(32)60-44(30)42(28)55-38/h9-16,22-24,34,36-37,52,58-59H,1-8,17-21,25H2,(H,53,64)(H,54,65)(H,67,68)(H,69,70). The quantitative estimate of drug-likeness (QED) is 0.132. The molecule has 3 amide bonds. The predicted octanol–water partition coefficient (Wildman–Crippen LogP) is 4.18. The number of hydrogen-bond donors (Lipinski definition) is 6. The fourth-order valence-electron chi connectivity index (χ4n) is 11.1. The van der Waals surface area contributed by atoms with Gasteiger partial charge in [0.15, 0.2) is 5.65 Å². The summed E-state index contributed by atoms with van der Waals surface area (Å²) in [5, 5.41) is 33.2. The fourth-order valence-corrected chi connectivity index (χ4v) is 11.1. The molecule has 3 fully saturated rings. The Morgan fingerprint density at radius 2 is 1.09 bits per heavy atom. The van der Waals surface area contributed by atoms with Crippen LogP contribution in [0.25, 0.3) is 45.1 Å². The maximum absolute atomic E-state index is 14.2. The van der Waals surface area contributed by atoms with Crippen molar-refractivity contribution in [3.63, 3.8) is 0 Å². The highest BCUT2D eigenvalue weighted by molar-refractivity contribution is 5.96. The number of carbonyl (C=O) groups is 5. The Hall–Kier alpha value is -7.54. The number of likely N-dealkylation sites (tertiary alicyclic amines) is 1. The van der Waals surface area contributed by atoms with Gasteiger partial charge in [-0.2, -0.15) is 0 Å². The number of aromatic nitrogens is 5. The largest absolute Gasteiger partial charge is 0.477 e. The number of fused-ring (bicyclic) bond motifs is 11. The number of piperidine rings is 1. The van der Waals surface area contributed by atoms with E-state index < -0.39 is 30.3 Å². The summed E-state index contributed by atoms with van der Waals surface area (Å²) in [4.78, 5) is 93.0. The zero-order chi connectivity index (χ0) is 47.8. The summed E-state index contributed by atoms with van der Waals surface area (Å²) in [7, 11) is 0. The van der Waals surface area contributed by atoms with Gasteiger partial charge in [0.2, 0.25) is 11.8 Å². The molecule has 1 aromatic carbocycles. The lowest BCUT2D eigenvalue weighted by Crippen LogP contribution is -2.71. The summed E-state index contributed by atoms with van der Waals surface area (Å²) in [6.45, 7) is 2.19. The molecule has 5 aromatic heterocycles. The van der Waals surface area contributed by atoms with Crippen LogP contribution < -0.4 is 21.3 Å². The molecule has 3 saturated heterocycles. The first-order valence-electron chi connectivity index (χ1n) is 24.1. The smallest absolute Gasteiger partial charge is 0.354 e. The third-order valence-corrected chi connectivity index (χ3v) is 14.8. The van der Waals surface area contributed by atoms with Crippen molar-refractivity contribution in [2.24, 2.45) is 0 Å². The number of benzene rings is 1. The summed E-state index contributed by atoms with van der Waals surface area (Å²) in [6.07, 6.45) is 6.77. The predicted molar refractivity (Wildman–Crippen MR) is 256 cm³/mol. The van der Waals surface area contributed by atoms with Crippen molar-refractivity contribution in [3.8, 4) is 34.0 Å². The number of nitrogens with zero attached hydrogens (tertiary/aromatic N) is 7. The highest BCUT2D eigenvalue weighted by Gasteiger charge is 2.39. The van der Waals surface area contributed by atoms with Crippen LogP contribution in [0.1, 0.15) is 90.5 Å². The van der Waals surface area contributed by atoms with Gasteiger partial charge < -0.3 is 25.7 Å². The fraction of sp³-hybridized carbons (Fsp3) is 0.346. The van der Waals surface area contributed by atoms with Gasteiger partial charge in [-0.05, 0) is 140 Å². The van der Waals surface area contributed by atoms with Crippen molar-refractivity contribution in [1.29, 1.82) is 0 Å². The maximum atomic E-state index is 14.2. The van der Waals surface area contributed by atoms with E-state index >= 15 is 0 Å². The van der Waals surface area contributed by atoms with Gasteiger partial charge in [0.25, 0.3) is 5.91 Å². The minimum absolute atomic E-state index is 0.0237. The number of hydrogen-bond acceptors (Lipinski definition) is 13. The summed E-state index contributed by atoms with van der Waals surface area (Å²) in [5.41, 5.74) is 11.3. The Bertz CT molecular complexity index is 3230. The highest BCUT2D eigenvalue weighted by Crippen LogP contribution is 2.38. The monoisotopic (exact) mass is 939 g/mol. The average molecular weight is 940 g/mol. The molecule has 3 aliphatic heterocycles. The second-order valence-corrected chi connectivity index (χ2v) is 19.2. The van der Waals surface area contributed by atoms with E-state index in [4.69, 9.17) is 15.0 Å². The number of carboxylic acid groups (broad SMARTS) is 2. The first-order chi connectivity index (χ1) is 34.0. The highest BCUT2D eigenvalue weighted by atomic mass is 16.4. The molecule has 3 aliphatic carbocycles. The first kappa shape index (κ1) is 43.7. The van der Waals surface area contributed by atoms with E-state index in [1.807, 2.05) is 36.4 Å². The molecular weight excluding hydrogens is 891 g/mol. The summed E-state index contributed by atoms with van der Waals surface area (Å²) < 4.78 is 0. The van der Waals surface area contributed by atoms with Gasteiger partial charge in [-0.3, -0.25) is 29.9 Å². The molecular formula is C52H49N11O7. The number of aryl methyl sites for hydroxylation is 6. The molecule has 354 valence electrons. The first-order valence-corrected chi connectivity index (χ1v) is 24.1. The van der Waals surface area contributed by atoms with Crippen LogP contribution >= 0.6 is 0 Å². The van der Waals surface area contributed by atoms with E-state index in [9.17, 15) is 34.2 Å². The number of anilines is 1. The summed E-state index contributed by atoms with van der Waals surface area (Å²) in [5.74, 6) is -2.76. The summed E-state index contributed by atoms with van der Waals surface area (Å²) in [6, 6.07) is 19.0. The zero-order valence-electron chi connectivity index (χ0n) is 38.1. The van der Waals surface area contributed by atoms with Crippen LogP contribution in [-0.2, 0) is 48.1 Å². The van der Waals surface area contributed by atoms with Gasteiger partial charge in [0, 0.05) is 48.9 Å². The second kappa shape index (κ2) is 17.5. The topological polar surface area (TPSA) is 245 Å². The van der Waals surface area contributed by atoms with E-state index in [1.165, 1.54) is 12.1 Å². The molecule has 4 unspecified atom stereocenters. The molecule has 0 spiro atoms. The average Bonchev–Trinajstić information content (AvgIpc) is 3.38. The van der Waals surface area contributed by atoms with Gasteiger partial charge in [0.05, 0.1) is 40.6 Å². The Balaban J connectivity index is 0.693. The van der Waals surface area contributed by atoms with Gasteiger partial charge in [-0.25, -0.2) is 34.5 Å². The molecule has 6 N–H and O–H groups in total. The SMILES string of the molecule is O=C(O)c1ccc2c(n1)-c1cc(NC(=O)C3CCN4CCC(C(=O)NC5CCCN(C(=O)c6ccc7c(n6)-c6nc8nc9c(cc8cc6CC7)CCc6ccc(C(=O)O)nc6-9)C5)NC4N3)ccc1CC2. The molecule has 6 aliphatic rings. The van der Waals surface area contributed by atoms with Crippen molar-refractivity contribution >= 4 is 46.4 Å². The van der Waals surface area contributed by atoms with E-state index in [-0.39, 0.29) is 35.2 Å². The lowest BCUT2D eigenvalue weighted by atomic mass is 9.88. The number of pyridine rings is 5. The van der Waals surface area contributed by atoms with Crippen LogP contribution in [0.5, 0.6) is 0 Å². The zero-order valence-corrected chi connectivity index (χ0v) is 38.1. The molecule has 0 bridgehead atoms. The molecule has 6 aromatic rings. The molecule has 12 rings (SSSR count). The van der Waals surface area contributed by atoms with Gasteiger partial charge in [0.1, 0.15) is 23.4 Å². The Kier molecular flexibility index (Phi) is 10.9. The molecule has 0 saturated carbocycles. The van der Waals surface area contributed by atoms with Crippen molar-refractivity contribution in [2.75, 3.05) is 31.5 Å². The minimum atomic E-state index is -1.09. The van der Waals surface area contributed by atoms with E-state index in [2.05, 4.69) is 48.3 Å². The van der Waals surface area contributed by atoms with Gasteiger partial charge in [-0.1, -0.05) is 24.3 Å². The Morgan fingerprint density at radius 1 is 0.557 bits per heavy atom. The van der Waals surface area contributed by atoms with E-state index in [1.54, 1.807) is 11.0 Å². The summed E-state index contributed by atoms with van der Waals surface area (Å²) >= 11 is 0.